The molecule has 204 valence electrons. The molecule has 3 aromatic carbocycles. The van der Waals surface area contributed by atoms with Gasteiger partial charge in [0.05, 0.1) is 12.2 Å². The topological polar surface area (TPSA) is 105 Å². The standard InChI is InChI=1S/C31H34N2O6.Na/c1-20-16-26(37-15-14-31(36)12-5-13-31)17-21(2)28(20)27-7-4-6-24(22(27)3)19-38-25-10-8-23(9-11-25)18-33-29(34)32-30(35)39-33;/h4,6-11,16-17,36H,5,12-15,18-19H2,1-3H3,(H,32,34,35);/q;+1/p-1. The Labute approximate surface area is 255 Å². The van der Waals surface area contributed by atoms with Crippen molar-refractivity contribution in [2.45, 2.75) is 65.2 Å². The molecular formula is C31H33N2NaO6. The largest absolute Gasteiger partial charge is 1.00 e. The van der Waals surface area contributed by atoms with Crippen LogP contribution in [0, 0.1) is 20.8 Å². The molecule has 9 heteroatoms. The van der Waals surface area contributed by atoms with Crippen LogP contribution < -0.4 is 55.5 Å². The number of ether oxygens (including phenoxy) is 2. The maximum absolute atomic E-state index is 11.6. The molecule has 0 radical (unpaired) electrons. The number of nitrogens with zero attached hydrogens (tertiary/aromatic N) is 2. The summed E-state index contributed by atoms with van der Waals surface area (Å²) in [6.07, 6.45) is 3.50. The van der Waals surface area contributed by atoms with Crippen LogP contribution in [0.4, 0.5) is 0 Å². The fourth-order valence-corrected chi connectivity index (χ4v) is 5.14. The summed E-state index contributed by atoms with van der Waals surface area (Å²) >= 11 is 0. The Morgan fingerprint density at radius 2 is 1.68 bits per heavy atom. The van der Waals surface area contributed by atoms with Gasteiger partial charge in [0.2, 0.25) is 0 Å². The molecule has 1 heterocycles. The van der Waals surface area contributed by atoms with Gasteiger partial charge in [0.15, 0.2) is 5.69 Å². The molecule has 0 spiro atoms. The number of rotatable bonds is 10. The summed E-state index contributed by atoms with van der Waals surface area (Å²) in [6.45, 7) is 7.36. The zero-order chi connectivity index (χ0) is 27.6. The molecule has 0 bridgehead atoms. The summed E-state index contributed by atoms with van der Waals surface area (Å²) in [5, 5.41) is 10.3. The van der Waals surface area contributed by atoms with Crippen LogP contribution in [0.2, 0.25) is 0 Å². The molecule has 40 heavy (non-hydrogen) atoms. The van der Waals surface area contributed by atoms with Crippen LogP contribution >= 0.6 is 0 Å². The van der Waals surface area contributed by atoms with Crippen LogP contribution in [0.3, 0.4) is 0 Å². The summed E-state index contributed by atoms with van der Waals surface area (Å²) < 4.78 is 17.8. The third kappa shape index (κ3) is 6.81. The van der Waals surface area contributed by atoms with E-state index in [1.54, 1.807) is 0 Å². The van der Waals surface area contributed by atoms with Crippen LogP contribution in [0.5, 0.6) is 11.5 Å². The van der Waals surface area contributed by atoms with Crippen molar-refractivity contribution in [3.8, 4) is 22.6 Å². The average Bonchev–Trinajstić information content (AvgIpc) is 3.20. The van der Waals surface area contributed by atoms with Crippen LogP contribution in [-0.2, 0) is 13.2 Å². The number of hydrogen-bond acceptors (Lipinski definition) is 6. The fourth-order valence-electron chi connectivity index (χ4n) is 5.14. The minimum Gasteiger partial charge on any atom is -0.493 e. The molecule has 1 aliphatic carbocycles. The maximum atomic E-state index is 11.6. The van der Waals surface area contributed by atoms with Crippen molar-refractivity contribution in [3.05, 3.63) is 103 Å². The van der Waals surface area contributed by atoms with Crippen LogP contribution in [0.25, 0.3) is 11.1 Å². The van der Waals surface area contributed by atoms with Gasteiger partial charge in [0.1, 0.15) is 18.1 Å². The number of aryl methyl sites for hydroxylation is 2. The van der Waals surface area contributed by atoms with Crippen molar-refractivity contribution in [1.82, 2.24) is 9.72 Å². The van der Waals surface area contributed by atoms with Crippen molar-refractivity contribution in [3.63, 3.8) is 0 Å². The Morgan fingerprint density at radius 1 is 0.975 bits per heavy atom. The Bertz CT molecular complexity index is 1560. The number of hydrogen-bond donors (Lipinski definition) is 1. The van der Waals surface area contributed by atoms with Gasteiger partial charge >= 0.3 is 35.3 Å². The predicted molar refractivity (Wildman–Crippen MR) is 147 cm³/mol. The van der Waals surface area contributed by atoms with Gasteiger partial charge in [0, 0.05) is 13.0 Å². The number of aromatic nitrogens is 2. The molecule has 1 aromatic heterocycles. The minimum absolute atomic E-state index is 0. The van der Waals surface area contributed by atoms with Crippen LogP contribution in [0.1, 0.15) is 53.5 Å². The molecular weight excluding hydrogens is 519 g/mol. The molecule has 8 nitrogen and oxygen atoms in total. The zero-order valence-corrected chi connectivity index (χ0v) is 25.5. The summed E-state index contributed by atoms with van der Waals surface area (Å²) in [7, 11) is 0. The van der Waals surface area contributed by atoms with Crippen LogP contribution in [-0.4, -0.2) is 22.1 Å². The first-order valence-corrected chi connectivity index (χ1v) is 13.2. The van der Waals surface area contributed by atoms with E-state index in [4.69, 9.17) is 14.0 Å². The first kappa shape index (κ1) is 29.9. The second kappa shape index (κ2) is 12.6. The molecule has 1 aliphatic rings. The van der Waals surface area contributed by atoms with Crippen molar-refractivity contribution in [2.24, 2.45) is 0 Å². The summed E-state index contributed by atoms with van der Waals surface area (Å²) in [6, 6.07) is 17.7. The van der Waals surface area contributed by atoms with Gasteiger partial charge < -0.3 is 24.1 Å². The Hall–Kier alpha value is -3.04. The minimum atomic E-state index is -0.896. The smallest absolute Gasteiger partial charge is 0.493 e. The van der Waals surface area contributed by atoms with Gasteiger partial charge in [-0.15, -0.1) is 0 Å². The second-order valence-electron chi connectivity index (χ2n) is 10.4. The molecule has 1 fully saturated rings. The van der Waals surface area contributed by atoms with Crippen molar-refractivity contribution >= 4 is 0 Å². The molecule has 0 atom stereocenters. The molecule has 0 unspecified atom stereocenters. The Balaban J connectivity index is 0.00000370. The van der Waals surface area contributed by atoms with Gasteiger partial charge in [-0.3, -0.25) is 9.53 Å². The zero-order valence-electron chi connectivity index (χ0n) is 23.5. The molecule has 1 N–H and O–H groups in total. The van der Waals surface area contributed by atoms with E-state index in [1.807, 2.05) is 30.3 Å². The van der Waals surface area contributed by atoms with E-state index in [-0.39, 0.29) is 36.1 Å². The van der Waals surface area contributed by atoms with Gasteiger partial charge in [-0.2, -0.15) is 0 Å². The van der Waals surface area contributed by atoms with Gasteiger partial charge in [-0.05, 0) is 103 Å². The molecule has 0 amide bonds. The predicted octanol–water partition coefficient (Wildman–Crippen LogP) is 1.67. The van der Waals surface area contributed by atoms with Gasteiger partial charge in [0.25, 0.3) is 0 Å². The molecule has 5 rings (SSSR count). The van der Waals surface area contributed by atoms with E-state index in [0.29, 0.717) is 25.4 Å². The van der Waals surface area contributed by atoms with Crippen molar-refractivity contribution in [2.75, 3.05) is 6.61 Å². The summed E-state index contributed by atoms with van der Waals surface area (Å²) in [5.74, 6) is 0.629. The second-order valence-corrected chi connectivity index (χ2v) is 10.4. The van der Waals surface area contributed by atoms with Crippen LogP contribution in [0.15, 0.2) is 68.7 Å². The van der Waals surface area contributed by atoms with E-state index >= 15 is 0 Å². The number of aliphatic hydroxyl groups is 1. The van der Waals surface area contributed by atoms with E-state index in [0.717, 1.165) is 63.1 Å². The van der Waals surface area contributed by atoms with E-state index in [9.17, 15) is 14.7 Å². The van der Waals surface area contributed by atoms with Gasteiger partial charge in [-0.25, -0.2) is 4.79 Å². The average molecular weight is 553 g/mol. The van der Waals surface area contributed by atoms with Gasteiger partial charge in [-0.1, -0.05) is 30.3 Å². The molecule has 1 saturated carbocycles. The van der Waals surface area contributed by atoms with Crippen molar-refractivity contribution in [1.29, 1.82) is 0 Å². The third-order valence-electron chi connectivity index (χ3n) is 7.57. The summed E-state index contributed by atoms with van der Waals surface area (Å²) in [4.78, 5) is 25.9. The molecule has 0 aliphatic heterocycles. The van der Waals surface area contributed by atoms with E-state index in [2.05, 4.69) is 50.0 Å². The van der Waals surface area contributed by atoms with Crippen molar-refractivity contribution < 1.29 is 48.7 Å². The third-order valence-corrected chi connectivity index (χ3v) is 7.57. The van der Waals surface area contributed by atoms with E-state index < -0.39 is 17.0 Å². The SMILES string of the molecule is Cc1cc(OCCC2(O)CCC2)cc(C)c1-c1cccc(COc2ccc(Cn3oc(=O)[n-]c3=O)cc2)c1C.[Na+]. The first-order chi connectivity index (χ1) is 18.7. The quantitative estimate of drug-likeness (QED) is 0.299. The number of benzene rings is 3. The maximum Gasteiger partial charge on any atom is 1.00 e. The monoisotopic (exact) mass is 552 g/mol. The normalized spacial score (nSPS) is 13.8. The molecule has 0 saturated heterocycles. The first-order valence-electron chi connectivity index (χ1n) is 13.2. The Kier molecular flexibility index (Phi) is 9.46. The molecule has 4 aromatic rings. The summed E-state index contributed by atoms with van der Waals surface area (Å²) in [5.41, 5.74) is 6.41. The Morgan fingerprint density at radius 3 is 2.27 bits per heavy atom. The fraction of sp³-hybridized carbons (Fsp3) is 0.355. The van der Waals surface area contributed by atoms with E-state index in [1.165, 1.54) is 5.56 Å².